The number of aliphatic imine (C=N–C) groups is 1. The fourth-order valence-corrected chi connectivity index (χ4v) is 0.988. The van der Waals surface area contributed by atoms with E-state index in [1.54, 1.807) is 12.1 Å². The molecule has 0 radical (unpaired) electrons. The molecule has 1 aromatic rings. The average Bonchev–Trinajstić information content (AvgIpc) is 2.12. The Kier molecular flexibility index (Phi) is 1.33. The van der Waals surface area contributed by atoms with Crippen LogP contribution in [-0.2, 0) is 4.79 Å². The van der Waals surface area contributed by atoms with E-state index in [1.165, 1.54) is 6.20 Å². The average molecular weight is 160 g/mol. The zero-order valence-electron chi connectivity index (χ0n) is 6.02. The van der Waals surface area contributed by atoms with Crippen LogP contribution in [0.5, 0.6) is 0 Å². The van der Waals surface area contributed by atoms with Crippen LogP contribution in [0.3, 0.4) is 0 Å². The second-order valence-corrected chi connectivity index (χ2v) is 2.33. The number of nitrogens with zero attached hydrogens (tertiary/aromatic N) is 2. The summed E-state index contributed by atoms with van der Waals surface area (Å²) in [5.41, 5.74) is 0.282. The molecule has 1 aromatic heterocycles. The normalized spacial score (nSPS) is 14.7. The monoisotopic (exact) mass is 160 g/mol. The minimum absolute atomic E-state index is 0.282. The number of fused-ring (bicyclic) bond motifs is 1. The van der Waals surface area contributed by atoms with Gasteiger partial charge < -0.3 is 0 Å². The van der Waals surface area contributed by atoms with Gasteiger partial charge in [0.2, 0.25) is 11.6 Å². The Morgan fingerprint density at radius 2 is 2.08 bits per heavy atom. The van der Waals surface area contributed by atoms with Gasteiger partial charge >= 0.3 is 0 Å². The minimum atomic E-state index is -0.587. The van der Waals surface area contributed by atoms with Gasteiger partial charge in [0.15, 0.2) is 5.82 Å². The fraction of sp³-hybridized carbons (Fsp3) is 0. The van der Waals surface area contributed by atoms with Gasteiger partial charge in [-0.15, -0.1) is 0 Å². The summed E-state index contributed by atoms with van der Waals surface area (Å²) in [5.74, 6) is -0.800. The first kappa shape index (κ1) is 6.84. The van der Waals surface area contributed by atoms with Crippen molar-refractivity contribution < 1.29 is 9.59 Å². The van der Waals surface area contributed by atoms with Gasteiger partial charge in [-0.05, 0) is 12.1 Å². The zero-order valence-corrected chi connectivity index (χ0v) is 6.02. The SMILES string of the molecule is O=C1C=Nc2ncccc2C1=O. The summed E-state index contributed by atoms with van der Waals surface area (Å²) in [6.07, 6.45) is 2.52. The Bertz CT molecular complexity index is 396. The smallest absolute Gasteiger partial charge is 0.244 e. The summed E-state index contributed by atoms with van der Waals surface area (Å²) in [6.45, 7) is 0. The van der Waals surface area contributed by atoms with Gasteiger partial charge in [-0.1, -0.05) is 0 Å². The molecule has 1 aliphatic rings. The van der Waals surface area contributed by atoms with E-state index in [-0.39, 0.29) is 5.56 Å². The largest absolute Gasteiger partial charge is 0.285 e. The number of ketones is 2. The first-order valence-electron chi connectivity index (χ1n) is 3.37. The van der Waals surface area contributed by atoms with Crippen molar-refractivity contribution in [3.63, 3.8) is 0 Å². The van der Waals surface area contributed by atoms with Crippen LogP contribution in [-0.4, -0.2) is 22.8 Å². The predicted molar refractivity (Wildman–Crippen MR) is 41.7 cm³/mol. The van der Waals surface area contributed by atoms with E-state index in [2.05, 4.69) is 9.98 Å². The van der Waals surface area contributed by atoms with Gasteiger partial charge in [0, 0.05) is 6.20 Å². The van der Waals surface area contributed by atoms with E-state index in [0.29, 0.717) is 5.82 Å². The van der Waals surface area contributed by atoms with Gasteiger partial charge in [0.05, 0.1) is 11.8 Å². The Morgan fingerprint density at radius 3 is 2.92 bits per heavy atom. The lowest BCUT2D eigenvalue weighted by Gasteiger charge is -2.04. The molecular weight excluding hydrogens is 156 g/mol. The number of carbonyl (C=O) groups excluding carboxylic acids is 2. The molecule has 1 aliphatic heterocycles. The van der Waals surface area contributed by atoms with E-state index in [4.69, 9.17) is 0 Å². The van der Waals surface area contributed by atoms with Crippen LogP contribution in [0.15, 0.2) is 23.3 Å². The van der Waals surface area contributed by atoms with Crippen LogP contribution in [0.25, 0.3) is 0 Å². The van der Waals surface area contributed by atoms with Gasteiger partial charge in [-0.2, -0.15) is 0 Å². The summed E-state index contributed by atoms with van der Waals surface area (Å²) in [7, 11) is 0. The standard InChI is InChI=1S/C8H4N2O2/c11-6-4-10-8-5(7(6)12)2-1-3-9-8/h1-4H. The molecule has 0 atom stereocenters. The molecule has 58 valence electrons. The van der Waals surface area contributed by atoms with E-state index in [9.17, 15) is 9.59 Å². The van der Waals surface area contributed by atoms with Crippen LogP contribution in [0.2, 0.25) is 0 Å². The molecule has 2 rings (SSSR count). The van der Waals surface area contributed by atoms with Crippen molar-refractivity contribution in [1.82, 2.24) is 4.98 Å². The van der Waals surface area contributed by atoms with Crippen LogP contribution in [0, 0.1) is 0 Å². The Morgan fingerprint density at radius 1 is 1.25 bits per heavy atom. The molecule has 0 saturated carbocycles. The second kappa shape index (κ2) is 2.34. The van der Waals surface area contributed by atoms with Crippen molar-refractivity contribution >= 4 is 23.6 Å². The van der Waals surface area contributed by atoms with Gasteiger partial charge in [0.25, 0.3) is 0 Å². The van der Waals surface area contributed by atoms with Crippen LogP contribution >= 0.6 is 0 Å². The molecule has 0 aromatic carbocycles. The fourth-order valence-electron chi connectivity index (χ4n) is 0.988. The molecule has 0 saturated heterocycles. The molecule has 0 aliphatic carbocycles. The molecule has 0 bridgehead atoms. The number of carbonyl (C=O) groups is 2. The summed E-state index contributed by atoms with van der Waals surface area (Å²) in [4.78, 5) is 29.5. The molecule has 2 heterocycles. The second-order valence-electron chi connectivity index (χ2n) is 2.33. The quantitative estimate of drug-likeness (QED) is 0.520. The van der Waals surface area contributed by atoms with Crippen LogP contribution < -0.4 is 0 Å². The number of rotatable bonds is 0. The topological polar surface area (TPSA) is 59.4 Å². The summed E-state index contributed by atoms with van der Waals surface area (Å²) in [6, 6.07) is 3.14. The van der Waals surface area contributed by atoms with Crippen molar-refractivity contribution in [2.24, 2.45) is 4.99 Å². The van der Waals surface area contributed by atoms with Crippen molar-refractivity contribution in [3.05, 3.63) is 23.9 Å². The number of pyridine rings is 1. The first-order chi connectivity index (χ1) is 5.79. The third kappa shape index (κ3) is 0.852. The molecule has 0 spiro atoms. The summed E-state index contributed by atoms with van der Waals surface area (Å²) >= 11 is 0. The number of Topliss-reactive ketones (excluding diaryl/α,β-unsaturated/α-hetero) is 2. The molecule has 0 unspecified atom stereocenters. The predicted octanol–water partition coefficient (Wildman–Crippen LogP) is 0.549. The minimum Gasteiger partial charge on any atom is -0.285 e. The maximum absolute atomic E-state index is 11.1. The lowest BCUT2D eigenvalue weighted by atomic mass is 10.1. The Balaban J connectivity index is 2.67. The van der Waals surface area contributed by atoms with E-state index >= 15 is 0 Å². The molecule has 4 nitrogen and oxygen atoms in total. The maximum atomic E-state index is 11.1. The third-order valence-corrected chi connectivity index (χ3v) is 1.56. The molecule has 0 amide bonds. The van der Waals surface area contributed by atoms with E-state index < -0.39 is 11.6 Å². The lowest BCUT2D eigenvalue weighted by molar-refractivity contribution is -0.109. The van der Waals surface area contributed by atoms with Crippen molar-refractivity contribution in [3.8, 4) is 0 Å². The molecule has 0 N–H and O–H groups in total. The zero-order chi connectivity index (χ0) is 8.55. The number of aromatic nitrogens is 1. The van der Waals surface area contributed by atoms with Crippen LogP contribution in [0.4, 0.5) is 5.82 Å². The highest BCUT2D eigenvalue weighted by Gasteiger charge is 2.21. The molecular formula is C8H4N2O2. The van der Waals surface area contributed by atoms with Crippen molar-refractivity contribution in [2.45, 2.75) is 0 Å². The lowest BCUT2D eigenvalue weighted by Crippen LogP contribution is -2.18. The Hall–Kier alpha value is -1.84. The number of hydrogen-bond donors (Lipinski definition) is 0. The van der Waals surface area contributed by atoms with Crippen molar-refractivity contribution in [1.29, 1.82) is 0 Å². The van der Waals surface area contributed by atoms with Gasteiger partial charge in [-0.25, -0.2) is 9.98 Å². The highest BCUT2D eigenvalue weighted by atomic mass is 16.2. The summed E-state index contributed by atoms with van der Waals surface area (Å²) < 4.78 is 0. The highest BCUT2D eigenvalue weighted by Crippen LogP contribution is 2.18. The molecule has 0 fully saturated rings. The first-order valence-corrected chi connectivity index (χ1v) is 3.37. The van der Waals surface area contributed by atoms with Gasteiger partial charge in [-0.3, -0.25) is 9.59 Å². The third-order valence-electron chi connectivity index (χ3n) is 1.56. The molecule has 4 heteroatoms. The number of hydrogen-bond acceptors (Lipinski definition) is 4. The van der Waals surface area contributed by atoms with Crippen LogP contribution in [0.1, 0.15) is 10.4 Å². The van der Waals surface area contributed by atoms with E-state index in [0.717, 1.165) is 6.21 Å². The highest BCUT2D eigenvalue weighted by molar-refractivity contribution is 6.64. The van der Waals surface area contributed by atoms with E-state index in [1.807, 2.05) is 0 Å². The van der Waals surface area contributed by atoms with Crippen molar-refractivity contribution in [2.75, 3.05) is 0 Å². The summed E-state index contributed by atoms with van der Waals surface area (Å²) in [5, 5.41) is 0. The molecule has 12 heavy (non-hydrogen) atoms. The van der Waals surface area contributed by atoms with Gasteiger partial charge in [0.1, 0.15) is 0 Å². The Labute approximate surface area is 68.0 Å². The maximum Gasteiger partial charge on any atom is 0.244 e.